The van der Waals surface area contributed by atoms with Crippen molar-refractivity contribution in [2.75, 3.05) is 30.9 Å². The number of anilines is 2. The quantitative estimate of drug-likeness (QED) is 0.736. The lowest BCUT2D eigenvalue weighted by atomic mass is 10.2. The van der Waals surface area contributed by atoms with Crippen LogP contribution in [0.5, 0.6) is 5.75 Å². The fourth-order valence-electron chi connectivity index (χ4n) is 2.13. The topological polar surface area (TPSA) is 76.7 Å². The van der Waals surface area contributed by atoms with Crippen LogP contribution in [0.25, 0.3) is 0 Å². The lowest BCUT2D eigenvalue weighted by Gasteiger charge is -2.13. The average molecular weight is 363 g/mol. The number of esters is 1. The molecule has 2 rings (SSSR count). The molecule has 132 valence electrons. The van der Waals surface area contributed by atoms with E-state index in [1.54, 1.807) is 24.3 Å². The number of benzene rings is 2. The van der Waals surface area contributed by atoms with E-state index in [-0.39, 0.29) is 12.5 Å². The minimum Gasteiger partial charge on any atom is -0.492 e. The van der Waals surface area contributed by atoms with Crippen LogP contribution in [0, 0.1) is 0 Å². The predicted octanol–water partition coefficient (Wildman–Crippen LogP) is 3.58. The van der Waals surface area contributed by atoms with Crippen molar-refractivity contribution in [3.8, 4) is 5.75 Å². The van der Waals surface area contributed by atoms with E-state index in [9.17, 15) is 9.59 Å². The summed E-state index contributed by atoms with van der Waals surface area (Å²) in [5.74, 6) is -0.148. The van der Waals surface area contributed by atoms with E-state index < -0.39 is 5.97 Å². The van der Waals surface area contributed by atoms with Gasteiger partial charge in [-0.15, -0.1) is 0 Å². The van der Waals surface area contributed by atoms with Crippen LogP contribution in [0.2, 0.25) is 5.02 Å². The summed E-state index contributed by atoms with van der Waals surface area (Å²) in [5.41, 5.74) is 1.40. The molecule has 0 atom stereocenters. The summed E-state index contributed by atoms with van der Waals surface area (Å²) in [4.78, 5) is 23.7. The van der Waals surface area contributed by atoms with Gasteiger partial charge in [-0.1, -0.05) is 23.7 Å². The molecule has 0 aromatic heterocycles. The van der Waals surface area contributed by atoms with Gasteiger partial charge in [0.25, 0.3) is 0 Å². The van der Waals surface area contributed by atoms with Crippen molar-refractivity contribution in [3.63, 3.8) is 0 Å². The molecule has 0 saturated carbocycles. The molecule has 0 unspecified atom stereocenters. The van der Waals surface area contributed by atoms with Crippen LogP contribution < -0.4 is 15.4 Å². The van der Waals surface area contributed by atoms with Crippen LogP contribution >= 0.6 is 11.6 Å². The third-order valence-electron chi connectivity index (χ3n) is 3.29. The predicted molar refractivity (Wildman–Crippen MR) is 97.5 cm³/mol. The van der Waals surface area contributed by atoms with Crippen LogP contribution in [0.1, 0.15) is 17.3 Å². The molecule has 0 aliphatic rings. The van der Waals surface area contributed by atoms with Crippen molar-refractivity contribution in [1.29, 1.82) is 0 Å². The smallest absolute Gasteiger partial charge is 0.337 e. The van der Waals surface area contributed by atoms with Gasteiger partial charge >= 0.3 is 5.97 Å². The third kappa shape index (κ3) is 5.12. The first kappa shape index (κ1) is 18.6. The molecular formula is C18H19ClN2O4. The molecule has 0 saturated heterocycles. The molecule has 2 aromatic carbocycles. The van der Waals surface area contributed by atoms with Crippen molar-refractivity contribution < 1.29 is 19.1 Å². The standard InChI is InChI=1S/C18H19ClN2O4/c1-3-25-16-7-5-4-6-14(16)21-17(22)11-20-15-10-12(18(23)24-2)8-9-13(15)19/h4-10,20H,3,11H2,1-2H3,(H,21,22). The highest BCUT2D eigenvalue weighted by atomic mass is 35.5. The molecule has 7 heteroatoms. The van der Waals surface area contributed by atoms with E-state index in [1.807, 2.05) is 19.1 Å². The number of carbonyl (C=O) groups excluding carboxylic acids is 2. The molecule has 1 amide bonds. The average Bonchev–Trinajstić information content (AvgIpc) is 2.62. The second kappa shape index (κ2) is 8.94. The van der Waals surface area contributed by atoms with Crippen molar-refractivity contribution in [2.45, 2.75) is 6.92 Å². The maximum atomic E-state index is 12.2. The summed E-state index contributed by atoms with van der Waals surface area (Å²) in [6, 6.07) is 11.8. The number of rotatable bonds is 7. The number of amides is 1. The molecular weight excluding hydrogens is 344 g/mol. The molecule has 0 spiro atoms. The van der Waals surface area contributed by atoms with Crippen molar-refractivity contribution >= 4 is 34.9 Å². The number of hydrogen-bond donors (Lipinski definition) is 2. The second-order valence-corrected chi connectivity index (χ2v) is 5.42. The van der Waals surface area contributed by atoms with Crippen LogP contribution in [-0.2, 0) is 9.53 Å². The Bertz CT molecular complexity index is 764. The zero-order valence-corrected chi connectivity index (χ0v) is 14.7. The van der Waals surface area contributed by atoms with Gasteiger partial charge in [-0.25, -0.2) is 4.79 Å². The Morgan fingerprint density at radius 2 is 1.88 bits per heavy atom. The number of ether oxygens (including phenoxy) is 2. The number of carbonyl (C=O) groups is 2. The van der Waals surface area contributed by atoms with E-state index in [0.717, 1.165) is 0 Å². The van der Waals surface area contributed by atoms with Gasteiger partial charge in [0, 0.05) is 0 Å². The Morgan fingerprint density at radius 1 is 1.12 bits per heavy atom. The van der Waals surface area contributed by atoms with Gasteiger partial charge in [0.15, 0.2) is 0 Å². The van der Waals surface area contributed by atoms with Gasteiger partial charge in [0.2, 0.25) is 5.91 Å². The van der Waals surface area contributed by atoms with Gasteiger partial charge in [-0.3, -0.25) is 4.79 Å². The largest absolute Gasteiger partial charge is 0.492 e. The highest BCUT2D eigenvalue weighted by Crippen LogP contribution is 2.25. The summed E-state index contributed by atoms with van der Waals surface area (Å²) in [6.45, 7) is 2.35. The Morgan fingerprint density at radius 3 is 2.60 bits per heavy atom. The minimum atomic E-state index is -0.477. The zero-order valence-electron chi connectivity index (χ0n) is 14.0. The number of halogens is 1. The highest BCUT2D eigenvalue weighted by Gasteiger charge is 2.11. The van der Waals surface area contributed by atoms with Gasteiger partial charge < -0.3 is 20.1 Å². The Kier molecular flexibility index (Phi) is 6.65. The van der Waals surface area contributed by atoms with Gasteiger partial charge in [-0.2, -0.15) is 0 Å². The molecule has 25 heavy (non-hydrogen) atoms. The fourth-order valence-corrected chi connectivity index (χ4v) is 2.31. The second-order valence-electron chi connectivity index (χ2n) is 5.02. The van der Waals surface area contributed by atoms with Crippen LogP contribution in [-0.4, -0.2) is 32.1 Å². The summed E-state index contributed by atoms with van der Waals surface area (Å²) in [5, 5.41) is 6.08. The highest BCUT2D eigenvalue weighted by molar-refractivity contribution is 6.33. The molecule has 0 aliphatic carbocycles. The van der Waals surface area contributed by atoms with Gasteiger partial charge in [-0.05, 0) is 37.3 Å². The van der Waals surface area contributed by atoms with Crippen LogP contribution in [0.3, 0.4) is 0 Å². The third-order valence-corrected chi connectivity index (χ3v) is 3.62. The van der Waals surface area contributed by atoms with Crippen molar-refractivity contribution in [3.05, 3.63) is 53.1 Å². The van der Waals surface area contributed by atoms with Gasteiger partial charge in [0.1, 0.15) is 5.75 Å². The van der Waals surface area contributed by atoms with Crippen molar-refractivity contribution in [1.82, 2.24) is 0 Å². The Hall–Kier alpha value is -2.73. The fraction of sp³-hybridized carbons (Fsp3) is 0.222. The summed E-state index contributed by atoms with van der Waals surface area (Å²) in [6.07, 6.45) is 0. The first-order valence-corrected chi connectivity index (χ1v) is 8.06. The summed E-state index contributed by atoms with van der Waals surface area (Å²) in [7, 11) is 1.30. The number of nitrogens with one attached hydrogen (secondary N) is 2. The van der Waals surface area contributed by atoms with Crippen molar-refractivity contribution in [2.24, 2.45) is 0 Å². The monoisotopic (exact) mass is 362 g/mol. The number of methoxy groups -OCH3 is 1. The number of para-hydroxylation sites is 2. The molecule has 0 radical (unpaired) electrons. The molecule has 2 aromatic rings. The minimum absolute atomic E-state index is 0.0230. The molecule has 6 nitrogen and oxygen atoms in total. The van der Waals surface area contributed by atoms with E-state index in [1.165, 1.54) is 13.2 Å². The summed E-state index contributed by atoms with van der Waals surface area (Å²) >= 11 is 6.09. The molecule has 0 heterocycles. The Balaban J connectivity index is 2.02. The Labute approximate surface area is 151 Å². The van der Waals surface area contributed by atoms with Gasteiger partial charge in [0.05, 0.1) is 42.2 Å². The lowest BCUT2D eigenvalue weighted by Crippen LogP contribution is -2.22. The molecule has 2 N–H and O–H groups in total. The zero-order chi connectivity index (χ0) is 18.2. The van der Waals surface area contributed by atoms with E-state index in [4.69, 9.17) is 16.3 Å². The van der Waals surface area contributed by atoms with Crippen LogP contribution in [0.4, 0.5) is 11.4 Å². The number of hydrogen-bond acceptors (Lipinski definition) is 5. The molecule has 0 aliphatic heterocycles. The van der Waals surface area contributed by atoms with E-state index >= 15 is 0 Å². The first-order chi connectivity index (χ1) is 12.0. The maximum Gasteiger partial charge on any atom is 0.337 e. The first-order valence-electron chi connectivity index (χ1n) is 7.68. The van der Waals surface area contributed by atoms with E-state index in [2.05, 4.69) is 15.4 Å². The normalized spacial score (nSPS) is 10.0. The SMILES string of the molecule is CCOc1ccccc1NC(=O)CNc1cc(C(=O)OC)ccc1Cl. The molecule has 0 bridgehead atoms. The van der Waals surface area contributed by atoms with E-state index in [0.29, 0.717) is 34.3 Å². The maximum absolute atomic E-state index is 12.2. The van der Waals surface area contributed by atoms with Crippen LogP contribution in [0.15, 0.2) is 42.5 Å². The molecule has 0 fully saturated rings. The summed E-state index contributed by atoms with van der Waals surface area (Å²) < 4.78 is 10.1. The lowest BCUT2D eigenvalue weighted by molar-refractivity contribution is -0.114.